The van der Waals surface area contributed by atoms with Crippen molar-refractivity contribution in [1.82, 2.24) is 15.3 Å². The lowest BCUT2D eigenvalue weighted by Crippen LogP contribution is -2.25. The summed E-state index contributed by atoms with van der Waals surface area (Å²) in [5, 5.41) is 11.7. The lowest BCUT2D eigenvalue weighted by Gasteiger charge is -2.05. The Bertz CT molecular complexity index is 555. The molecule has 0 aliphatic rings. The molecule has 2 aromatic rings. The first-order chi connectivity index (χ1) is 9.16. The highest BCUT2D eigenvalue weighted by Crippen LogP contribution is 2.14. The van der Waals surface area contributed by atoms with Gasteiger partial charge >= 0.3 is 0 Å². The molecule has 0 saturated carbocycles. The molecule has 0 saturated heterocycles. The molecule has 0 unspecified atom stereocenters. The van der Waals surface area contributed by atoms with Gasteiger partial charge in [-0.25, -0.2) is 9.37 Å². The smallest absolute Gasteiger partial charge is 0.254 e. The molecule has 19 heavy (non-hydrogen) atoms. The lowest BCUT2D eigenvalue weighted by molar-refractivity contribution is 0.0949. The minimum absolute atomic E-state index is 0.0733. The molecule has 6 heteroatoms. The second-order valence-corrected chi connectivity index (χ2v) is 4.06. The molecule has 1 heterocycles. The van der Waals surface area contributed by atoms with Gasteiger partial charge in [0.05, 0.1) is 5.56 Å². The molecule has 0 radical (unpaired) electrons. The number of hydrogen-bond acceptors (Lipinski definition) is 3. The van der Waals surface area contributed by atoms with Gasteiger partial charge in [-0.15, -0.1) is 0 Å². The van der Waals surface area contributed by atoms with Gasteiger partial charge in [0, 0.05) is 31.4 Å². The number of phenolic OH excluding ortho intramolecular Hbond substituents is 1. The van der Waals surface area contributed by atoms with E-state index < -0.39 is 11.7 Å². The third-order valence-electron chi connectivity index (χ3n) is 2.63. The van der Waals surface area contributed by atoms with Crippen LogP contribution >= 0.6 is 0 Å². The molecule has 100 valence electrons. The van der Waals surface area contributed by atoms with Crippen LogP contribution in [0.5, 0.6) is 5.75 Å². The number of imidazole rings is 1. The Morgan fingerprint density at radius 3 is 3.00 bits per heavy atom. The molecular formula is C13H14FN3O2. The van der Waals surface area contributed by atoms with E-state index in [0.717, 1.165) is 11.9 Å². The molecule has 1 aromatic carbocycles. The molecule has 0 atom stereocenters. The number of phenols is 1. The number of benzene rings is 1. The van der Waals surface area contributed by atoms with Crippen molar-refractivity contribution in [3.8, 4) is 5.75 Å². The first-order valence-electron chi connectivity index (χ1n) is 5.92. The van der Waals surface area contributed by atoms with E-state index in [1.807, 2.05) is 0 Å². The van der Waals surface area contributed by atoms with Crippen molar-refractivity contribution in [2.24, 2.45) is 0 Å². The van der Waals surface area contributed by atoms with Gasteiger partial charge < -0.3 is 15.4 Å². The summed E-state index contributed by atoms with van der Waals surface area (Å²) in [4.78, 5) is 18.7. The van der Waals surface area contributed by atoms with Gasteiger partial charge in [-0.05, 0) is 18.6 Å². The molecule has 0 fully saturated rings. The van der Waals surface area contributed by atoms with E-state index in [1.54, 1.807) is 12.4 Å². The van der Waals surface area contributed by atoms with Crippen LogP contribution in [0.15, 0.2) is 30.6 Å². The summed E-state index contributed by atoms with van der Waals surface area (Å²) in [6, 6.07) is 3.45. The highest BCUT2D eigenvalue weighted by atomic mass is 19.1. The van der Waals surface area contributed by atoms with Crippen LogP contribution in [0, 0.1) is 5.82 Å². The topological polar surface area (TPSA) is 78.0 Å². The van der Waals surface area contributed by atoms with Gasteiger partial charge in [-0.3, -0.25) is 4.79 Å². The van der Waals surface area contributed by atoms with E-state index in [0.29, 0.717) is 19.4 Å². The molecule has 0 bridgehead atoms. The first kappa shape index (κ1) is 13.1. The Balaban J connectivity index is 1.81. The Morgan fingerprint density at radius 2 is 2.32 bits per heavy atom. The number of amides is 1. The molecule has 1 aromatic heterocycles. The lowest BCUT2D eigenvalue weighted by atomic mass is 10.2. The zero-order valence-electron chi connectivity index (χ0n) is 10.2. The number of carbonyl (C=O) groups is 1. The summed E-state index contributed by atoms with van der Waals surface area (Å²) in [5.41, 5.74) is -0.0733. The predicted molar refractivity (Wildman–Crippen MR) is 67.3 cm³/mol. The molecule has 5 nitrogen and oxygen atoms in total. The van der Waals surface area contributed by atoms with Crippen molar-refractivity contribution in [1.29, 1.82) is 0 Å². The number of nitrogens with zero attached hydrogens (tertiary/aromatic N) is 1. The van der Waals surface area contributed by atoms with Gasteiger partial charge in [0.15, 0.2) is 0 Å². The van der Waals surface area contributed by atoms with Crippen LogP contribution in [0.1, 0.15) is 22.6 Å². The van der Waals surface area contributed by atoms with Crippen molar-refractivity contribution < 1.29 is 14.3 Å². The molecule has 1 amide bonds. The van der Waals surface area contributed by atoms with Crippen LogP contribution in [-0.2, 0) is 6.42 Å². The van der Waals surface area contributed by atoms with Crippen LogP contribution in [0.3, 0.4) is 0 Å². The summed E-state index contributed by atoms with van der Waals surface area (Å²) in [6.45, 7) is 0.430. The summed E-state index contributed by atoms with van der Waals surface area (Å²) >= 11 is 0. The number of H-pyrrole nitrogens is 1. The number of rotatable bonds is 5. The van der Waals surface area contributed by atoms with E-state index in [1.165, 1.54) is 12.1 Å². The predicted octanol–water partition coefficient (Wildman–Crippen LogP) is 1.62. The summed E-state index contributed by atoms with van der Waals surface area (Å²) in [7, 11) is 0. The minimum atomic E-state index is -0.733. The van der Waals surface area contributed by atoms with E-state index in [-0.39, 0.29) is 11.3 Å². The summed E-state index contributed by atoms with van der Waals surface area (Å²) in [6.07, 6.45) is 4.82. The monoisotopic (exact) mass is 263 g/mol. The van der Waals surface area contributed by atoms with E-state index in [9.17, 15) is 9.18 Å². The van der Waals surface area contributed by atoms with Gasteiger partial charge in [0.25, 0.3) is 5.91 Å². The zero-order valence-corrected chi connectivity index (χ0v) is 10.2. The van der Waals surface area contributed by atoms with Crippen LogP contribution in [0.4, 0.5) is 4.39 Å². The standard InChI is InChI=1S/C13H14FN3O2/c14-11-8-9(18)3-4-10(11)13(19)17-5-1-2-12-15-6-7-16-12/h3-4,6-8,18H,1-2,5H2,(H,15,16)(H,17,19). The highest BCUT2D eigenvalue weighted by molar-refractivity contribution is 5.94. The number of aromatic hydroxyl groups is 1. The van der Waals surface area contributed by atoms with E-state index in [2.05, 4.69) is 15.3 Å². The fraction of sp³-hybridized carbons (Fsp3) is 0.231. The number of aromatic amines is 1. The zero-order chi connectivity index (χ0) is 13.7. The van der Waals surface area contributed by atoms with Crippen molar-refractivity contribution >= 4 is 5.91 Å². The third kappa shape index (κ3) is 3.54. The number of halogens is 1. The van der Waals surface area contributed by atoms with Crippen LogP contribution in [0.25, 0.3) is 0 Å². The van der Waals surface area contributed by atoms with E-state index in [4.69, 9.17) is 5.11 Å². The van der Waals surface area contributed by atoms with Crippen molar-refractivity contribution in [3.05, 3.63) is 47.8 Å². The second kappa shape index (κ2) is 5.99. The Morgan fingerprint density at radius 1 is 1.47 bits per heavy atom. The van der Waals surface area contributed by atoms with Crippen LogP contribution < -0.4 is 5.32 Å². The Labute approximate surface area is 109 Å². The Hall–Kier alpha value is -2.37. The van der Waals surface area contributed by atoms with Gasteiger partial charge in [0.1, 0.15) is 17.4 Å². The molecular weight excluding hydrogens is 249 g/mol. The number of aromatic nitrogens is 2. The number of carbonyl (C=O) groups excluding carboxylic acids is 1. The maximum absolute atomic E-state index is 13.4. The number of aryl methyl sites for hydroxylation is 1. The van der Waals surface area contributed by atoms with Crippen molar-refractivity contribution in [2.75, 3.05) is 6.54 Å². The summed E-state index contributed by atoms with van der Waals surface area (Å²) < 4.78 is 13.4. The molecule has 3 N–H and O–H groups in total. The fourth-order valence-electron chi connectivity index (χ4n) is 1.68. The first-order valence-corrected chi connectivity index (χ1v) is 5.92. The minimum Gasteiger partial charge on any atom is -0.508 e. The number of nitrogens with one attached hydrogen (secondary N) is 2. The van der Waals surface area contributed by atoms with Crippen LogP contribution in [0.2, 0.25) is 0 Å². The van der Waals surface area contributed by atoms with Crippen LogP contribution in [-0.4, -0.2) is 27.5 Å². The number of hydrogen-bond donors (Lipinski definition) is 3. The SMILES string of the molecule is O=C(NCCCc1ncc[nH]1)c1ccc(O)cc1F. The van der Waals surface area contributed by atoms with Gasteiger partial charge in [-0.2, -0.15) is 0 Å². The molecule has 0 aliphatic heterocycles. The maximum Gasteiger partial charge on any atom is 0.254 e. The van der Waals surface area contributed by atoms with E-state index >= 15 is 0 Å². The van der Waals surface area contributed by atoms with Gasteiger partial charge in [-0.1, -0.05) is 0 Å². The molecule has 0 spiro atoms. The average Bonchev–Trinajstić information content (AvgIpc) is 2.87. The second-order valence-electron chi connectivity index (χ2n) is 4.06. The van der Waals surface area contributed by atoms with Gasteiger partial charge in [0.2, 0.25) is 0 Å². The molecule has 2 rings (SSSR count). The molecule has 0 aliphatic carbocycles. The largest absolute Gasteiger partial charge is 0.508 e. The quantitative estimate of drug-likeness (QED) is 0.717. The Kier molecular flexibility index (Phi) is 4.12. The maximum atomic E-state index is 13.4. The normalized spacial score (nSPS) is 10.4. The van der Waals surface area contributed by atoms with Crippen molar-refractivity contribution in [2.45, 2.75) is 12.8 Å². The third-order valence-corrected chi connectivity index (χ3v) is 2.63. The fourth-order valence-corrected chi connectivity index (χ4v) is 1.68. The highest BCUT2D eigenvalue weighted by Gasteiger charge is 2.11. The van der Waals surface area contributed by atoms with Crippen molar-refractivity contribution in [3.63, 3.8) is 0 Å². The average molecular weight is 263 g/mol. The summed E-state index contributed by atoms with van der Waals surface area (Å²) in [5.74, 6) is -0.572.